The van der Waals surface area contributed by atoms with Crippen molar-refractivity contribution in [2.75, 3.05) is 19.8 Å². The molecule has 1 aliphatic heterocycles. The normalized spacial score (nSPS) is 21.2. The number of rotatable bonds is 5. The SMILES string of the molecule is Cc1oc(CN2CCOCC2C)cc1CNC(C)C. The molecule has 2 rings (SSSR count). The molecule has 4 nitrogen and oxygen atoms in total. The monoisotopic (exact) mass is 266 g/mol. The predicted octanol–water partition coefficient (Wildman–Crippen LogP) is 2.31. The minimum atomic E-state index is 0.469. The number of aryl methyl sites for hydroxylation is 1. The molecule has 0 saturated carbocycles. The van der Waals surface area contributed by atoms with Gasteiger partial charge in [-0.15, -0.1) is 0 Å². The maximum Gasteiger partial charge on any atom is 0.118 e. The lowest BCUT2D eigenvalue weighted by atomic mass is 10.2. The van der Waals surface area contributed by atoms with E-state index in [4.69, 9.17) is 9.15 Å². The highest BCUT2D eigenvalue weighted by Gasteiger charge is 2.20. The summed E-state index contributed by atoms with van der Waals surface area (Å²) in [6, 6.07) is 3.15. The molecule has 108 valence electrons. The molecule has 1 aromatic rings. The first kappa shape index (κ1) is 14.6. The Hall–Kier alpha value is -0.840. The summed E-state index contributed by atoms with van der Waals surface area (Å²) in [5, 5.41) is 3.43. The second kappa shape index (κ2) is 6.55. The zero-order chi connectivity index (χ0) is 13.8. The molecule has 0 amide bonds. The van der Waals surface area contributed by atoms with Crippen molar-refractivity contribution in [3.8, 4) is 0 Å². The van der Waals surface area contributed by atoms with Crippen molar-refractivity contribution < 1.29 is 9.15 Å². The summed E-state index contributed by atoms with van der Waals surface area (Å²) in [5.74, 6) is 2.09. The highest BCUT2D eigenvalue weighted by atomic mass is 16.5. The molecule has 1 aromatic heterocycles. The van der Waals surface area contributed by atoms with Gasteiger partial charge in [0.1, 0.15) is 11.5 Å². The van der Waals surface area contributed by atoms with E-state index in [1.165, 1.54) is 5.56 Å². The first-order valence-corrected chi connectivity index (χ1v) is 7.19. The Bertz CT molecular complexity index is 401. The molecule has 1 unspecified atom stereocenters. The van der Waals surface area contributed by atoms with Gasteiger partial charge in [-0.25, -0.2) is 0 Å². The predicted molar refractivity (Wildman–Crippen MR) is 76.1 cm³/mol. The summed E-state index contributed by atoms with van der Waals surface area (Å²) in [4.78, 5) is 2.42. The Balaban J connectivity index is 1.95. The van der Waals surface area contributed by atoms with Gasteiger partial charge in [0.15, 0.2) is 0 Å². The van der Waals surface area contributed by atoms with Crippen LogP contribution in [0.4, 0.5) is 0 Å². The average Bonchev–Trinajstić information content (AvgIpc) is 2.70. The van der Waals surface area contributed by atoms with E-state index >= 15 is 0 Å². The van der Waals surface area contributed by atoms with Crippen LogP contribution in [0.5, 0.6) is 0 Å². The molecule has 0 aliphatic carbocycles. The number of ether oxygens (including phenoxy) is 1. The first-order chi connectivity index (χ1) is 9.06. The van der Waals surface area contributed by atoms with Crippen molar-refractivity contribution in [3.05, 3.63) is 23.2 Å². The molecule has 19 heavy (non-hydrogen) atoms. The van der Waals surface area contributed by atoms with Crippen molar-refractivity contribution in [2.45, 2.75) is 52.9 Å². The van der Waals surface area contributed by atoms with Crippen molar-refractivity contribution in [1.29, 1.82) is 0 Å². The second-order valence-electron chi connectivity index (χ2n) is 5.72. The van der Waals surface area contributed by atoms with Gasteiger partial charge >= 0.3 is 0 Å². The van der Waals surface area contributed by atoms with E-state index in [2.05, 4.69) is 37.1 Å². The van der Waals surface area contributed by atoms with Gasteiger partial charge in [0, 0.05) is 30.7 Å². The average molecular weight is 266 g/mol. The standard InChI is InChI=1S/C15H26N2O2/c1-11(2)16-8-14-7-15(19-13(14)4)9-17-5-6-18-10-12(17)3/h7,11-12,16H,5-6,8-10H2,1-4H3. The van der Waals surface area contributed by atoms with Crippen LogP contribution >= 0.6 is 0 Å². The van der Waals surface area contributed by atoms with E-state index in [0.29, 0.717) is 12.1 Å². The Morgan fingerprint density at radius 1 is 1.47 bits per heavy atom. The lowest BCUT2D eigenvalue weighted by Crippen LogP contribution is -2.42. The number of hydrogen-bond acceptors (Lipinski definition) is 4. The molecule has 1 atom stereocenters. The minimum absolute atomic E-state index is 0.469. The molecule has 0 spiro atoms. The van der Waals surface area contributed by atoms with Crippen molar-refractivity contribution >= 4 is 0 Å². The maximum absolute atomic E-state index is 5.88. The summed E-state index contributed by atoms with van der Waals surface area (Å²) in [6.45, 7) is 13.0. The number of furan rings is 1. The Kier molecular flexibility index (Phi) is 5.02. The van der Waals surface area contributed by atoms with E-state index in [1.807, 2.05) is 6.92 Å². The van der Waals surface area contributed by atoms with Crippen molar-refractivity contribution in [1.82, 2.24) is 10.2 Å². The van der Waals surface area contributed by atoms with Gasteiger partial charge in [-0.3, -0.25) is 4.90 Å². The van der Waals surface area contributed by atoms with Crippen LogP contribution in [-0.2, 0) is 17.8 Å². The van der Waals surface area contributed by atoms with E-state index in [-0.39, 0.29) is 0 Å². The van der Waals surface area contributed by atoms with Crippen LogP contribution in [-0.4, -0.2) is 36.7 Å². The fourth-order valence-electron chi connectivity index (χ4n) is 2.35. The van der Waals surface area contributed by atoms with Gasteiger partial charge in [-0.05, 0) is 19.9 Å². The van der Waals surface area contributed by atoms with E-state index in [1.54, 1.807) is 0 Å². The molecule has 1 fully saturated rings. The molecular weight excluding hydrogens is 240 g/mol. The fraction of sp³-hybridized carbons (Fsp3) is 0.733. The summed E-state index contributed by atoms with van der Waals surface area (Å²) < 4.78 is 11.3. The molecule has 0 bridgehead atoms. The largest absolute Gasteiger partial charge is 0.465 e. The molecule has 1 aliphatic rings. The lowest BCUT2D eigenvalue weighted by molar-refractivity contribution is -0.00717. The van der Waals surface area contributed by atoms with Crippen LogP contribution in [0.25, 0.3) is 0 Å². The third-order valence-corrected chi connectivity index (χ3v) is 3.64. The molecular formula is C15H26N2O2. The Morgan fingerprint density at radius 2 is 2.26 bits per heavy atom. The lowest BCUT2D eigenvalue weighted by Gasteiger charge is -2.32. The van der Waals surface area contributed by atoms with Crippen LogP contribution < -0.4 is 5.32 Å². The molecule has 0 radical (unpaired) electrons. The van der Waals surface area contributed by atoms with Gasteiger partial charge in [-0.1, -0.05) is 13.8 Å². The third kappa shape index (κ3) is 4.06. The molecule has 2 heterocycles. The highest BCUT2D eigenvalue weighted by molar-refractivity contribution is 5.20. The van der Waals surface area contributed by atoms with Crippen LogP contribution in [0.2, 0.25) is 0 Å². The van der Waals surface area contributed by atoms with Gasteiger partial charge < -0.3 is 14.5 Å². The maximum atomic E-state index is 5.88. The minimum Gasteiger partial charge on any atom is -0.465 e. The molecule has 4 heteroatoms. The topological polar surface area (TPSA) is 37.6 Å². The van der Waals surface area contributed by atoms with E-state index < -0.39 is 0 Å². The highest BCUT2D eigenvalue weighted by Crippen LogP contribution is 2.18. The number of morpholine rings is 1. The van der Waals surface area contributed by atoms with Crippen molar-refractivity contribution in [3.63, 3.8) is 0 Å². The second-order valence-corrected chi connectivity index (χ2v) is 5.72. The number of nitrogens with zero attached hydrogens (tertiary/aromatic N) is 1. The summed E-state index contributed by atoms with van der Waals surface area (Å²) >= 11 is 0. The molecule has 0 aromatic carbocycles. The third-order valence-electron chi connectivity index (χ3n) is 3.64. The first-order valence-electron chi connectivity index (χ1n) is 7.19. The Labute approximate surface area is 116 Å². The van der Waals surface area contributed by atoms with E-state index in [0.717, 1.165) is 44.4 Å². The van der Waals surface area contributed by atoms with Crippen LogP contribution in [0.3, 0.4) is 0 Å². The quantitative estimate of drug-likeness (QED) is 0.887. The van der Waals surface area contributed by atoms with Crippen molar-refractivity contribution in [2.24, 2.45) is 0 Å². The summed E-state index contributed by atoms with van der Waals surface area (Å²) in [7, 11) is 0. The molecule has 1 saturated heterocycles. The summed E-state index contributed by atoms with van der Waals surface area (Å²) in [5.41, 5.74) is 1.27. The molecule has 1 N–H and O–H groups in total. The fourth-order valence-corrected chi connectivity index (χ4v) is 2.35. The van der Waals surface area contributed by atoms with E-state index in [9.17, 15) is 0 Å². The van der Waals surface area contributed by atoms with Gasteiger partial charge in [0.05, 0.1) is 19.8 Å². The van der Waals surface area contributed by atoms with Gasteiger partial charge in [0.25, 0.3) is 0 Å². The van der Waals surface area contributed by atoms with Crippen LogP contribution in [0, 0.1) is 6.92 Å². The number of nitrogens with one attached hydrogen (secondary N) is 1. The van der Waals surface area contributed by atoms with Crippen LogP contribution in [0.15, 0.2) is 10.5 Å². The summed E-state index contributed by atoms with van der Waals surface area (Å²) in [6.07, 6.45) is 0. The zero-order valence-electron chi connectivity index (χ0n) is 12.5. The smallest absolute Gasteiger partial charge is 0.118 e. The Morgan fingerprint density at radius 3 is 2.95 bits per heavy atom. The van der Waals surface area contributed by atoms with Gasteiger partial charge in [-0.2, -0.15) is 0 Å². The van der Waals surface area contributed by atoms with Gasteiger partial charge in [0.2, 0.25) is 0 Å². The number of hydrogen-bond donors (Lipinski definition) is 1. The zero-order valence-corrected chi connectivity index (χ0v) is 12.5. The van der Waals surface area contributed by atoms with Crippen LogP contribution in [0.1, 0.15) is 37.9 Å².